The van der Waals surface area contributed by atoms with Crippen LogP contribution in [0.25, 0.3) is 0 Å². The highest BCUT2D eigenvalue weighted by atomic mass is 35.5. The Morgan fingerprint density at radius 1 is 1.19 bits per heavy atom. The number of aryl methyl sites for hydroxylation is 1. The molecule has 1 aromatic heterocycles. The second-order valence-corrected chi connectivity index (χ2v) is 3.97. The average Bonchev–Trinajstić information content (AvgIpc) is 2.28. The van der Waals surface area contributed by atoms with E-state index in [2.05, 4.69) is 40.6 Å². The van der Waals surface area contributed by atoms with Crippen molar-refractivity contribution in [3.63, 3.8) is 0 Å². The third kappa shape index (κ3) is 2.94. The van der Waals surface area contributed by atoms with E-state index in [-0.39, 0.29) is 0 Å². The predicted octanol–water partition coefficient (Wildman–Crippen LogP) is 3.05. The average molecular weight is 234 g/mol. The number of hydrogen-bond acceptors (Lipinski definition) is 3. The fourth-order valence-corrected chi connectivity index (χ4v) is 1.53. The van der Waals surface area contributed by atoms with Crippen molar-refractivity contribution in [2.24, 2.45) is 0 Å². The highest BCUT2D eigenvalue weighted by Gasteiger charge is 1.96. The van der Waals surface area contributed by atoms with Crippen LogP contribution in [-0.4, -0.2) is 10.2 Å². The Kier molecular flexibility index (Phi) is 3.37. The van der Waals surface area contributed by atoms with E-state index in [0.29, 0.717) is 5.15 Å². The van der Waals surface area contributed by atoms with Gasteiger partial charge in [-0.15, -0.1) is 10.2 Å². The molecule has 1 N–H and O–H groups in total. The van der Waals surface area contributed by atoms with E-state index in [1.54, 1.807) is 6.07 Å². The van der Waals surface area contributed by atoms with Gasteiger partial charge < -0.3 is 5.32 Å². The molecule has 2 rings (SSSR count). The Morgan fingerprint density at radius 3 is 2.75 bits per heavy atom. The van der Waals surface area contributed by atoms with Crippen molar-refractivity contribution in [3.05, 3.63) is 52.7 Å². The van der Waals surface area contributed by atoms with Crippen molar-refractivity contribution in [2.75, 3.05) is 5.32 Å². The van der Waals surface area contributed by atoms with Gasteiger partial charge in [0.05, 0.1) is 0 Å². The van der Waals surface area contributed by atoms with Crippen molar-refractivity contribution in [1.29, 1.82) is 0 Å². The molecule has 0 fully saturated rings. The highest BCUT2D eigenvalue weighted by Crippen LogP contribution is 2.09. The fraction of sp³-hybridized carbons (Fsp3) is 0.167. The van der Waals surface area contributed by atoms with Gasteiger partial charge in [-0.2, -0.15) is 0 Å². The lowest BCUT2D eigenvalue weighted by Gasteiger charge is -2.05. The molecule has 0 spiro atoms. The summed E-state index contributed by atoms with van der Waals surface area (Å²) in [4.78, 5) is 0. The summed E-state index contributed by atoms with van der Waals surface area (Å²) in [6.45, 7) is 2.81. The molecule has 1 aromatic carbocycles. The van der Waals surface area contributed by atoms with Gasteiger partial charge in [0.1, 0.15) is 5.82 Å². The van der Waals surface area contributed by atoms with Crippen LogP contribution in [0.4, 0.5) is 5.82 Å². The molecule has 0 bridgehead atoms. The molecule has 0 aliphatic heterocycles. The summed E-state index contributed by atoms with van der Waals surface area (Å²) in [6, 6.07) is 11.9. The van der Waals surface area contributed by atoms with Gasteiger partial charge in [0.25, 0.3) is 0 Å². The summed E-state index contributed by atoms with van der Waals surface area (Å²) in [5, 5.41) is 11.3. The number of benzene rings is 1. The molecule has 0 unspecified atom stereocenters. The lowest BCUT2D eigenvalue weighted by molar-refractivity contribution is 1.000. The molecule has 0 atom stereocenters. The third-order valence-electron chi connectivity index (χ3n) is 2.19. The Balaban J connectivity index is 1.99. The Bertz CT molecular complexity index is 468. The van der Waals surface area contributed by atoms with Crippen LogP contribution in [0.15, 0.2) is 36.4 Å². The van der Waals surface area contributed by atoms with Gasteiger partial charge in [-0.1, -0.05) is 41.4 Å². The monoisotopic (exact) mass is 233 g/mol. The summed E-state index contributed by atoms with van der Waals surface area (Å²) in [5.74, 6) is 0.728. The molecule has 0 aliphatic carbocycles. The number of aromatic nitrogens is 2. The van der Waals surface area contributed by atoms with Crippen LogP contribution in [0.5, 0.6) is 0 Å². The minimum Gasteiger partial charge on any atom is -0.365 e. The van der Waals surface area contributed by atoms with E-state index in [1.165, 1.54) is 11.1 Å². The highest BCUT2D eigenvalue weighted by molar-refractivity contribution is 6.29. The smallest absolute Gasteiger partial charge is 0.151 e. The topological polar surface area (TPSA) is 37.8 Å². The van der Waals surface area contributed by atoms with Gasteiger partial charge in [0.15, 0.2) is 5.15 Å². The largest absolute Gasteiger partial charge is 0.365 e. The number of anilines is 1. The van der Waals surface area contributed by atoms with E-state index in [0.717, 1.165) is 12.4 Å². The maximum atomic E-state index is 5.65. The first kappa shape index (κ1) is 10.9. The zero-order chi connectivity index (χ0) is 11.4. The number of rotatable bonds is 3. The summed E-state index contributed by atoms with van der Waals surface area (Å²) < 4.78 is 0. The molecule has 4 heteroatoms. The molecule has 1 heterocycles. The first-order chi connectivity index (χ1) is 7.74. The maximum absolute atomic E-state index is 5.65. The van der Waals surface area contributed by atoms with Gasteiger partial charge in [-0.3, -0.25) is 0 Å². The summed E-state index contributed by atoms with van der Waals surface area (Å²) in [7, 11) is 0. The first-order valence-corrected chi connectivity index (χ1v) is 5.40. The van der Waals surface area contributed by atoms with Crippen LogP contribution in [0, 0.1) is 6.92 Å². The maximum Gasteiger partial charge on any atom is 0.151 e. The summed E-state index contributed by atoms with van der Waals surface area (Å²) in [6.07, 6.45) is 0. The summed E-state index contributed by atoms with van der Waals surface area (Å²) >= 11 is 5.65. The van der Waals surface area contributed by atoms with E-state index in [1.807, 2.05) is 12.1 Å². The first-order valence-electron chi connectivity index (χ1n) is 5.03. The molecule has 16 heavy (non-hydrogen) atoms. The van der Waals surface area contributed by atoms with Crippen LogP contribution >= 0.6 is 11.6 Å². The van der Waals surface area contributed by atoms with E-state index < -0.39 is 0 Å². The van der Waals surface area contributed by atoms with Crippen LogP contribution in [0.1, 0.15) is 11.1 Å². The van der Waals surface area contributed by atoms with Crippen LogP contribution in [-0.2, 0) is 6.54 Å². The molecular formula is C12H12ClN3. The number of halogens is 1. The fourth-order valence-electron chi connectivity index (χ4n) is 1.43. The van der Waals surface area contributed by atoms with Crippen LogP contribution in [0.2, 0.25) is 5.15 Å². The van der Waals surface area contributed by atoms with Gasteiger partial charge in [0.2, 0.25) is 0 Å². The lowest BCUT2D eigenvalue weighted by atomic mass is 10.1. The van der Waals surface area contributed by atoms with Crippen molar-refractivity contribution in [1.82, 2.24) is 10.2 Å². The second kappa shape index (κ2) is 4.94. The molecular weight excluding hydrogens is 222 g/mol. The van der Waals surface area contributed by atoms with Crippen LogP contribution < -0.4 is 5.32 Å². The second-order valence-electron chi connectivity index (χ2n) is 3.58. The molecule has 3 nitrogen and oxygen atoms in total. The Labute approximate surface area is 99.5 Å². The SMILES string of the molecule is Cc1cccc(CNc2ccc(Cl)nn2)c1. The van der Waals surface area contributed by atoms with Gasteiger partial charge >= 0.3 is 0 Å². The minimum atomic E-state index is 0.404. The van der Waals surface area contributed by atoms with E-state index in [4.69, 9.17) is 11.6 Å². The quantitative estimate of drug-likeness (QED) is 0.886. The zero-order valence-electron chi connectivity index (χ0n) is 8.94. The van der Waals surface area contributed by atoms with Gasteiger partial charge in [-0.25, -0.2) is 0 Å². The van der Waals surface area contributed by atoms with Gasteiger partial charge in [0, 0.05) is 6.54 Å². The lowest BCUT2D eigenvalue weighted by Crippen LogP contribution is -2.02. The number of nitrogens with one attached hydrogen (secondary N) is 1. The molecule has 82 valence electrons. The number of nitrogens with zero attached hydrogens (tertiary/aromatic N) is 2. The molecule has 2 aromatic rings. The van der Waals surface area contributed by atoms with E-state index >= 15 is 0 Å². The Hall–Kier alpha value is -1.61. The zero-order valence-corrected chi connectivity index (χ0v) is 9.70. The molecule has 0 saturated carbocycles. The van der Waals surface area contributed by atoms with Crippen molar-refractivity contribution in [2.45, 2.75) is 13.5 Å². The normalized spacial score (nSPS) is 10.1. The van der Waals surface area contributed by atoms with Crippen molar-refractivity contribution in [3.8, 4) is 0 Å². The van der Waals surface area contributed by atoms with Gasteiger partial charge in [-0.05, 0) is 24.6 Å². The van der Waals surface area contributed by atoms with Crippen molar-refractivity contribution < 1.29 is 0 Å². The van der Waals surface area contributed by atoms with Crippen LogP contribution in [0.3, 0.4) is 0 Å². The minimum absolute atomic E-state index is 0.404. The molecule has 0 saturated heterocycles. The summed E-state index contributed by atoms with van der Waals surface area (Å²) in [5.41, 5.74) is 2.47. The van der Waals surface area contributed by atoms with Crippen molar-refractivity contribution >= 4 is 17.4 Å². The van der Waals surface area contributed by atoms with E-state index in [9.17, 15) is 0 Å². The standard InChI is InChI=1S/C12H12ClN3/c1-9-3-2-4-10(7-9)8-14-12-6-5-11(13)15-16-12/h2-7H,8H2,1H3,(H,14,16). The predicted molar refractivity (Wildman–Crippen MR) is 65.5 cm³/mol. The molecule has 0 amide bonds. The Morgan fingerprint density at radius 2 is 2.06 bits per heavy atom. The molecule has 0 radical (unpaired) electrons. The third-order valence-corrected chi connectivity index (χ3v) is 2.39. The molecule has 0 aliphatic rings. The number of hydrogen-bond donors (Lipinski definition) is 1.